The second-order valence-corrected chi connectivity index (χ2v) is 6.48. The zero-order chi connectivity index (χ0) is 18.0. The number of amides is 1. The first-order valence-electron chi connectivity index (χ1n) is 8.49. The Bertz CT molecular complexity index is 899. The lowest BCUT2D eigenvalue weighted by Crippen LogP contribution is -2.26. The summed E-state index contributed by atoms with van der Waals surface area (Å²) in [6.07, 6.45) is 2.46. The second kappa shape index (κ2) is 7.01. The summed E-state index contributed by atoms with van der Waals surface area (Å²) in [4.78, 5) is 21.7. The third kappa shape index (κ3) is 3.52. The molecule has 1 amide bonds. The van der Waals surface area contributed by atoms with E-state index in [0.29, 0.717) is 18.5 Å². The molecule has 0 atom stereocenters. The molecular weight excluding hydrogens is 314 g/mol. The number of carbonyl (C=O) groups is 1. The van der Waals surface area contributed by atoms with Crippen LogP contribution in [-0.4, -0.2) is 32.2 Å². The summed E-state index contributed by atoms with van der Waals surface area (Å²) < 4.78 is 1.74. The Morgan fingerprint density at radius 2 is 2.12 bits per heavy atom. The topological polar surface area (TPSA) is 72.7 Å². The molecule has 0 spiro atoms. The number of carbonyl (C=O) groups excluding carboxylic acids is 1. The molecule has 0 aliphatic carbocycles. The van der Waals surface area contributed by atoms with E-state index in [1.54, 1.807) is 10.9 Å². The molecule has 0 aromatic carbocycles. The normalized spacial score (nSPS) is 11.2. The van der Waals surface area contributed by atoms with Gasteiger partial charge in [0.2, 0.25) is 0 Å². The lowest BCUT2D eigenvalue weighted by atomic mass is 10.0. The quantitative estimate of drug-likeness (QED) is 0.777. The van der Waals surface area contributed by atoms with E-state index in [0.717, 1.165) is 28.1 Å². The standard InChI is InChI=1S/C19H23N5O/c1-12(2)16-11-15(17-13(3)23-24(4)18(17)22-16)19(25)21-10-8-14-7-5-6-9-20-14/h5-7,9,11-12H,8,10H2,1-4H3,(H,21,25). The lowest BCUT2D eigenvalue weighted by molar-refractivity contribution is 0.0955. The third-order valence-electron chi connectivity index (χ3n) is 4.22. The van der Waals surface area contributed by atoms with Gasteiger partial charge in [-0.3, -0.25) is 14.5 Å². The van der Waals surface area contributed by atoms with Crippen LogP contribution in [0.4, 0.5) is 0 Å². The first kappa shape index (κ1) is 17.1. The summed E-state index contributed by atoms with van der Waals surface area (Å²) in [6, 6.07) is 7.68. The van der Waals surface area contributed by atoms with Crippen molar-refractivity contribution in [1.29, 1.82) is 0 Å². The maximum Gasteiger partial charge on any atom is 0.252 e. The highest BCUT2D eigenvalue weighted by Gasteiger charge is 2.19. The maximum atomic E-state index is 12.8. The van der Waals surface area contributed by atoms with Crippen molar-refractivity contribution >= 4 is 16.9 Å². The minimum atomic E-state index is -0.0960. The number of nitrogens with zero attached hydrogens (tertiary/aromatic N) is 4. The molecule has 1 N–H and O–H groups in total. The summed E-state index contributed by atoms with van der Waals surface area (Å²) in [5.41, 5.74) is 4.06. The molecule has 3 rings (SSSR count). The highest BCUT2D eigenvalue weighted by molar-refractivity contribution is 6.06. The molecule has 0 fully saturated rings. The largest absolute Gasteiger partial charge is 0.352 e. The van der Waals surface area contributed by atoms with Crippen molar-refractivity contribution < 1.29 is 4.79 Å². The van der Waals surface area contributed by atoms with Crippen LogP contribution in [0.2, 0.25) is 0 Å². The van der Waals surface area contributed by atoms with Crippen molar-refractivity contribution in [1.82, 2.24) is 25.1 Å². The molecule has 0 bridgehead atoms. The van der Waals surface area contributed by atoms with E-state index >= 15 is 0 Å². The monoisotopic (exact) mass is 337 g/mol. The van der Waals surface area contributed by atoms with Crippen LogP contribution in [0, 0.1) is 6.92 Å². The van der Waals surface area contributed by atoms with Crippen LogP contribution in [0.5, 0.6) is 0 Å². The summed E-state index contributed by atoms with van der Waals surface area (Å²) in [6.45, 7) is 6.58. The highest BCUT2D eigenvalue weighted by atomic mass is 16.1. The molecule has 3 aromatic rings. The predicted molar refractivity (Wildman–Crippen MR) is 97.6 cm³/mol. The van der Waals surface area contributed by atoms with Crippen LogP contribution < -0.4 is 5.32 Å². The van der Waals surface area contributed by atoms with E-state index in [-0.39, 0.29) is 11.8 Å². The summed E-state index contributed by atoms with van der Waals surface area (Å²) in [5.74, 6) is 0.140. The molecule has 6 heteroatoms. The fraction of sp³-hybridized carbons (Fsp3) is 0.368. The summed E-state index contributed by atoms with van der Waals surface area (Å²) in [7, 11) is 1.86. The van der Waals surface area contributed by atoms with Gasteiger partial charge in [-0.1, -0.05) is 19.9 Å². The number of pyridine rings is 2. The van der Waals surface area contributed by atoms with Gasteiger partial charge >= 0.3 is 0 Å². The molecule has 0 saturated carbocycles. The average molecular weight is 337 g/mol. The van der Waals surface area contributed by atoms with E-state index in [4.69, 9.17) is 0 Å². The SMILES string of the molecule is Cc1nn(C)c2nc(C(C)C)cc(C(=O)NCCc3ccccn3)c12. The van der Waals surface area contributed by atoms with Gasteiger partial charge in [0, 0.05) is 37.6 Å². The van der Waals surface area contributed by atoms with Crippen molar-refractivity contribution in [2.45, 2.75) is 33.1 Å². The number of aromatic nitrogens is 4. The zero-order valence-corrected chi connectivity index (χ0v) is 15.1. The first-order chi connectivity index (χ1) is 12.0. The summed E-state index contributed by atoms with van der Waals surface area (Å²) in [5, 5.41) is 8.25. The minimum absolute atomic E-state index is 0.0960. The van der Waals surface area contributed by atoms with Crippen LogP contribution >= 0.6 is 0 Å². The van der Waals surface area contributed by atoms with Crippen LogP contribution in [0.1, 0.15) is 47.2 Å². The number of fused-ring (bicyclic) bond motifs is 1. The highest BCUT2D eigenvalue weighted by Crippen LogP contribution is 2.24. The Morgan fingerprint density at radius 1 is 1.32 bits per heavy atom. The number of hydrogen-bond acceptors (Lipinski definition) is 4. The molecule has 0 radical (unpaired) electrons. The van der Waals surface area contributed by atoms with E-state index < -0.39 is 0 Å². The van der Waals surface area contributed by atoms with Gasteiger partial charge < -0.3 is 5.32 Å². The number of hydrogen-bond donors (Lipinski definition) is 1. The Morgan fingerprint density at radius 3 is 2.80 bits per heavy atom. The molecule has 25 heavy (non-hydrogen) atoms. The lowest BCUT2D eigenvalue weighted by Gasteiger charge is -2.11. The van der Waals surface area contributed by atoms with Crippen LogP contribution in [0.3, 0.4) is 0 Å². The van der Waals surface area contributed by atoms with E-state index in [2.05, 4.69) is 34.2 Å². The smallest absolute Gasteiger partial charge is 0.252 e. The molecule has 3 heterocycles. The summed E-state index contributed by atoms with van der Waals surface area (Å²) >= 11 is 0. The van der Waals surface area contributed by atoms with Gasteiger partial charge in [-0.05, 0) is 31.0 Å². The van der Waals surface area contributed by atoms with Gasteiger partial charge in [-0.2, -0.15) is 5.10 Å². The molecule has 0 saturated heterocycles. The third-order valence-corrected chi connectivity index (χ3v) is 4.22. The molecule has 6 nitrogen and oxygen atoms in total. The van der Waals surface area contributed by atoms with Gasteiger partial charge in [-0.25, -0.2) is 4.98 Å². The van der Waals surface area contributed by atoms with Crippen molar-refractivity contribution in [3.05, 3.63) is 53.1 Å². The number of nitrogens with one attached hydrogen (secondary N) is 1. The van der Waals surface area contributed by atoms with Crippen LogP contribution in [0.25, 0.3) is 11.0 Å². The van der Waals surface area contributed by atoms with Crippen LogP contribution in [-0.2, 0) is 13.5 Å². The van der Waals surface area contributed by atoms with Crippen molar-refractivity contribution in [2.75, 3.05) is 6.54 Å². The van der Waals surface area contributed by atoms with Crippen molar-refractivity contribution in [3.8, 4) is 0 Å². The Kier molecular flexibility index (Phi) is 4.79. The predicted octanol–water partition coefficient (Wildman–Crippen LogP) is 2.77. The van der Waals surface area contributed by atoms with Gasteiger partial charge in [0.1, 0.15) is 0 Å². The number of rotatable bonds is 5. The molecule has 3 aromatic heterocycles. The van der Waals surface area contributed by atoms with E-state index in [1.807, 2.05) is 38.2 Å². The fourth-order valence-corrected chi connectivity index (χ4v) is 2.88. The molecule has 0 aliphatic rings. The minimum Gasteiger partial charge on any atom is -0.352 e. The maximum absolute atomic E-state index is 12.8. The fourth-order valence-electron chi connectivity index (χ4n) is 2.88. The van der Waals surface area contributed by atoms with Crippen molar-refractivity contribution in [3.63, 3.8) is 0 Å². The van der Waals surface area contributed by atoms with Crippen LogP contribution in [0.15, 0.2) is 30.5 Å². The van der Waals surface area contributed by atoms with Gasteiger partial charge in [0.15, 0.2) is 5.65 Å². The zero-order valence-electron chi connectivity index (χ0n) is 15.1. The number of aryl methyl sites for hydroxylation is 2. The van der Waals surface area contributed by atoms with Gasteiger partial charge in [-0.15, -0.1) is 0 Å². The molecular formula is C19H23N5O. The molecule has 130 valence electrons. The van der Waals surface area contributed by atoms with Crippen molar-refractivity contribution in [2.24, 2.45) is 7.05 Å². The Labute approximate surface area is 147 Å². The van der Waals surface area contributed by atoms with Gasteiger partial charge in [0.25, 0.3) is 5.91 Å². The van der Waals surface area contributed by atoms with E-state index in [1.165, 1.54) is 0 Å². The first-order valence-corrected chi connectivity index (χ1v) is 8.49. The second-order valence-electron chi connectivity index (χ2n) is 6.48. The van der Waals surface area contributed by atoms with E-state index in [9.17, 15) is 4.79 Å². The van der Waals surface area contributed by atoms with Gasteiger partial charge in [0.05, 0.1) is 16.6 Å². The Hall–Kier alpha value is -2.76. The average Bonchev–Trinajstić information content (AvgIpc) is 2.89. The molecule has 0 aliphatic heterocycles. The Balaban J connectivity index is 1.87. The molecule has 0 unspecified atom stereocenters.